The van der Waals surface area contributed by atoms with E-state index in [0.717, 1.165) is 24.8 Å². The van der Waals surface area contributed by atoms with Crippen LogP contribution in [0, 0.1) is 16.7 Å². The smallest absolute Gasteiger partial charge is 0.0915 e. The molecule has 3 atom stereocenters. The number of hydrogen-bond donors (Lipinski definition) is 1. The summed E-state index contributed by atoms with van der Waals surface area (Å²) in [7, 11) is 0. The van der Waals surface area contributed by atoms with Crippen LogP contribution < -0.4 is 0 Å². The third-order valence-corrected chi connectivity index (χ3v) is 5.90. The maximum Gasteiger partial charge on any atom is 0.0915 e. The van der Waals surface area contributed by atoms with Crippen LogP contribution in [-0.4, -0.2) is 10.7 Å². The second-order valence-corrected chi connectivity index (χ2v) is 6.31. The van der Waals surface area contributed by atoms with Crippen molar-refractivity contribution in [1.29, 1.82) is 0 Å². The molecule has 2 fully saturated rings. The van der Waals surface area contributed by atoms with Crippen LogP contribution in [0.1, 0.15) is 53.4 Å². The van der Waals surface area contributed by atoms with Gasteiger partial charge in [-0.1, -0.05) is 34.3 Å². The number of fused-ring (bicyclic) bond motifs is 2. The van der Waals surface area contributed by atoms with E-state index in [2.05, 4.69) is 34.3 Å². The number of rotatable bonds is 2. The summed E-state index contributed by atoms with van der Waals surface area (Å²) in [5.74, 6) is 0.677. The predicted molar refractivity (Wildman–Crippen MR) is 63.6 cm³/mol. The van der Waals surface area contributed by atoms with E-state index in [1.165, 1.54) is 6.42 Å². The molecule has 0 aromatic rings. The molecular weight excluding hydrogens is 184 g/mol. The fourth-order valence-electron chi connectivity index (χ4n) is 4.10. The second kappa shape index (κ2) is 2.88. The van der Waals surface area contributed by atoms with E-state index >= 15 is 0 Å². The molecule has 1 nitrogen and oxygen atoms in total. The van der Waals surface area contributed by atoms with Gasteiger partial charge in [-0.2, -0.15) is 0 Å². The molecule has 0 spiro atoms. The average Bonchev–Trinajstić information content (AvgIpc) is 2.48. The minimum absolute atomic E-state index is 0.0394. The zero-order chi connectivity index (χ0) is 11.5. The van der Waals surface area contributed by atoms with Crippen molar-refractivity contribution in [3.05, 3.63) is 12.2 Å². The van der Waals surface area contributed by atoms with Gasteiger partial charge in [-0.05, 0) is 42.6 Å². The summed E-state index contributed by atoms with van der Waals surface area (Å²) < 4.78 is 0. The molecule has 0 saturated heterocycles. The molecule has 3 unspecified atom stereocenters. The molecular formula is C14H24O. The van der Waals surface area contributed by atoms with Crippen LogP contribution in [0.25, 0.3) is 0 Å². The Morgan fingerprint density at radius 2 is 2.00 bits per heavy atom. The molecule has 2 aliphatic carbocycles. The Kier molecular flexibility index (Phi) is 2.15. The van der Waals surface area contributed by atoms with Gasteiger partial charge in [0.05, 0.1) is 5.60 Å². The first-order chi connectivity index (χ1) is 6.79. The molecule has 0 heterocycles. The molecule has 1 N–H and O–H groups in total. The van der Waals surface area contributed by atoms with Gasteiger partial charge in [-0.3, -0.25) is 0 Å². The van der Waals surface area contributed by atoms with Gasteiger partial charge in [-0.25, -0.2) is 0 Å². The molecule has 2 bridgehead atoms. The molecule has 2 aliphatic rings. The van der Waals surface area contributed by atoms with Crippen molar-refractivity contribution in [1.82, 2.24) is 0 Å². The number of hydrogen-bond acceptors (Lipinski definition) is 1. The highest BCUT2D eigenvalue weighted by Gasteiger charge is 2.68. The molecule has 2 rings (SSSR count). The van der Waals surface area contributed by atoms with E-state index in [9.17, 15) is 5.11 Å². The van der Waals surface area contributed by atoms with Gasteiger partial charge in [0.2, 0.25) is 0 Å². The fourth-order valence-corrected chi connectivity index (χ4v) is 4.10. The van der Waals surface area contributed by atoms with Crippen LogP contribution in [0.5, 0.6) is 0 Å². The Hall–Kier alpha value is -0.300. The molecule has 2 saturated carbocycles. The lowest BCUT2D eigenvalue weighted by molar-refractivity contribution is -0.0615. The minimum Gasteiger partial charge on any atom is -0.385 e. The van der Waals surface area contributed by atoms with Crippen molar-refractivity contribution in [2.75, 3.05) is 0 Å². The van der Waals surface area contributed by atoms with E-state index in [0.29, 0.717) is 5.92 Å². The lowest BCUT2D eigenvalue weighted by atomic mass is 9.62. The quantitative estimate of drug-likeness (QED) is 0.688. The van der Waals surface area contributed by atoms with Crippen LogP contribution >= 0.6 is 0 Å². The highest BCUT2D eigenvalue weighted by Crippen LogP contribution is 2.71. The van der Waals surface area contributed by atoms with Crippen molar-refractivity contribution < 1.29 is 5.11 Å². The minimum atomic E-state index is -0.603. The maximum atomic E-state index is 10.9. The normalized spacial score (nSPS) is 47.1. The molecule has 1 heteroatoms. The van der Waals surface area contributed by atoms with E-state index in [4.69, 9.17) is 0 Å². The lowest BCUT2D eigenvalue weighted by Crippen LogP contribution is -2.48. The van der Waals surface area contributed by atoms with Crippen LogP contribution in [-0.2, 0) is 0 Å². The summed E-state index contributed by atoms with van der Waals surface area (Å²) in [6.45, 7) is 13.1. The number of aliphatic hydroxyl groups is 1. The zero-order valence-electron chi connectivity index (χ0n) is 10.6. The summed E-state index contributed by atoms with van der Waals surface area (Å²) >= 11 is 0. The molecule has 0 radical (unpaired) electrons. The third kappa shape index (κ3) is 1.03. The van der Waals surface area contributed by atoms with E-state index in [1.54, 1.807) is 0 Å². The first-order valence-electron chi connectivity index (χ1n) is 6.20. The SMILES string of the molecule is C=C(CC)C1(O)CC2CCC1(C)C2(C)C. The monoisotopic (exact) mass is 208 g/mol. The first kappa shape index (κ1) is 11.2. The molecule has 0 aromatic carbocycles. The van der Waals surface area contributed by atoms with Crippen LogP contribution in [0.15, 0.2) is 12.2 Å². The molecule has 0 aliphatic heterocycles. The molecule has 0 amide bonds. The van der Waals surface area contributed by atoms with Crippen LogP contribution in [0.4, 0.5) is 0 Å². The molecule has 0 aromatic heterocycles. The van der Waals surface area contributed by atoms with E-state index in [-0.39, 0.29) is 10.8 Å². The van der Waals surface area contributed by atoms with Crippen LogP contribution in [0.3, 0.4) is 0 Å². The van der Waals surface area contributed by atoms with E-state index < -0.39 is 5.60 Å². The topological polar surface area (TPSA) is 20.2 Å². The summed E-state index contributed by atoms with van der Waals surface area (Å²) in [6.07, 6.45) is 4.26. The average molecular weight is 208 g/mol. The van der Waals surface area contributed by atoms with Gasteiger partial charge < -0.3 is 5.11 Å². The summed E-state index contributed by atoms with van der Waals surface area (Å²) in [5, 5.41) is 10.9. The van der Waals surface area contributed by atoms with Gasteiger partial charge in [0.25, 0.3) is 0 Å². The second-order valence-electron chi connectivity index (χ2n) is 6.31. The fraction of sp³-hybridized carbons (Fsp3) is 0.857. The highest BCUT2D eigenvalue weighted by atomic mass is 16.3. The summed E-state index contributed by atoms with van der Waals surface area (Å²) in [5.41, 5.74) is 0.742. The van der Waals surface area contributed by atoms with Crippen molar-refractivity contribution >= 4 is 0 Å². The third-order valence-electron chi connectivity index (χ3n) is 5.90. The molecule has 86 valence electrons. The lowest BCUT2D eigenvalue weighted by Gasteiger charge is -2.46. The Morgan fingerprint density at radius 3 is 2.33 bits per heavy atom. The summed E-state index contributed by atoms with van der Waals surface area (Å²) in [4.78, 5) is 0. The Bertz CT molecular complexity index is 304. The zero-order valence-corrected chi connectivity index (χ0v) is 10.6. The van der Waals surface area contributed by atoms with Gasteiger partial charge in [0.15, 0.2) is 0 Å². The van der Waals surface area contributed by atoms with Gasteiger partial charge in [0.1, 0.15) is 0 Å². The van der Waals surface area contributed by atoms with Crippen molar-refractivity contribution in [2.24, 2.45) is 16.7 Å². The first-order valence-corrected chi connectivity index (χ1v) is 6.20. The Morgan fingerprint density at radius 1 is 1.40 bits per heavy atom. The van der Waals surface area contributed by atoms with Gasteiger partial charge in [0, 0.05) is 5.41 Å². The van der Waals surface area contributed by atoms with Crippen molar-refractivity contribution in [3.8, 4) is 0 Å². The Balaban J connectivity index is 2.45. The Labute approximate surface area is 93.6 Å². The highest BCUT2D eigenvalue weighted by molar-refractivity contribution is 5.29. The van der Waals surface area contributed by atoms with E-state index in [1.807, 2.05) is 0 Å². The summed E-state index contributed by atoms with van der Waals surface area (Å²) in [6, 6.07) is 0. The van der Waals surface area contributed by atoms with Gasteiger partial charge in [-0.15, -0.1) is 0 Å². The van der Waals surface area contributed by atoms with Crippen LogP contribution in [0.2, 0.25) is 0 Å². The predicted octanol–water partition coefficient (Wildman–Crippen LogP) is 3.53. The van der Waals surface area contributed by atoms with Crippen molar-refractivity contribution in [2.45, 2.75) is 59.0 Å². The maximum absolute atomic E-state index is 10.9. The largest absolute Gasteiger partial charge is 0.385 e. The van der Waals surface area contributed by atoms with Gasteiger partial charge >= 0.3 is 0 Å². The standard InChI is InChI=1S/C14H24O/c1-6-10(2)14(15)9-11-7-8-13(14,5)12(11,3)4/h11,15H,2,6-9H2,1,3-5H3. The van der Waals surface area contributed by atoms with Crippen molar-refractivity contribution in [3.63, 3.8) is 0 Å². The molecule has 15 heavy (non-hydrogen) atoms.